The number of phenols is 1. The molecular weight excluding hydrogens is 277 g/mol. The van der Waals surface area contributed by atoms with Crippen molar-refractivity contribution < 1.29 is 19.4 Å². The number of carboxylic acids is 1. The summed E-state index contributed by atoms with van der Waals surface area (Å²) in [6.07, 6.45) is -1.02. The number of carboxylic acid groups (broad SMARTS) is 1. The molecule has 104 valence electrons. The number of hydrogen-bond donors (Lipinski definition) is 4. The van der Waals surface area contributed by atoms with Crippen LogP contribution in [-0.2, 0) is 0 Å². The molecular formula is C11H13ClFN3O3. The normalized spacial score (nSPS) is 17.7. The van der Waals surface area contributed by atoms with Crippen LogP contribution in [0.4, 0.5) is 10.1 Å². The average molecular weight is 290 g/mol. The molecule has 2 rings (SSSR count). The predicted molar refractivity (Wildman–Crippen MR) is 71.1 cm³/mol. The zero-order valence-corrected chi connectivity index (χ0v) is 10.6. The number of rotatable bonds is 2. The second kappa shape index (κ2) is 6.24. The Bertz CT molecular complexity index is 510. The molecule has 1 aliphatic heterocycles. The van der Waals surface area contributed by atoms with Gasteiger partial charge in [0.1, 0.15) is 11.9 Å². The molecule has 8 heteroatoms. The Morgan fingerprint density at radius 2 is 2.21 bits per heavy atom. The minimum atomic E-state index is -1.14. The van der Waals surface area contributed by atoms with Crippen LogP contribution in [0.2, 0.25) is 0 Å². The summed E-state index contributed by atoms with van der Waals surface area (Å²) in [5, 5.41) is 23.7. The van der Waals surface area contributed by atoms with Crippen LogP contribution in [0.15, 0.2) is 23.2 Å². The van der Waals surface area contributed by atoms with Gasteiger partial charge in [-0.1, -0.05) is 0 Å². The standard InChI is InChI=1S/C11H12FN3O3.ClH/c12-7-4-13-11(14-5-7)15-8-1-6(10(17)18)2-9(16)3-8;/h1-3,7,16H,4-5H2,(H,17,18)(H2,13,14,15);1H. The van der Waals surface area contributed by atoms with E-state index in [2.05, 4.69) is 15.6 Å². The number of hydrogen-bond acceptors (Lipinski definition) is 5. The van der Waals surface area contributed by atoms with E-state index < -0.39 is 12.1 Å². The highest BCUT2D eigenvalue weighted by Gasteiger charge is 2.14. The number of aliphatic imine (C=N–C) groups is 1. The highest BCUT2D eigenvalue weighted by molar-refractivity contribution is 5.96. The Hall–Kier alpha value is -2.02. The molecule has 0 saturated heterocycles. The van der Waals surface area contributed by atoms with Gasteiger partial charge in [-0.2, -0.15) is 0 Å². The van der Waals surface area contributed by atoms with Crippen molar-refractivity contribution in [3.63, 3.8) is 0 Å². The Balaban J connectivity index is 0.00000180. The van der Waals surface area contributed by atoms with Gasteiger partial charge in [-0.05, 0) is 12.1 Å². The van der Waals surface area contributed by atoms with Crippen LogP contribution >= 0.6 is 12.4 Å². The highest BCUT2D eigenvalue weighted by atomic mass is 35.5. The third kappa shape index (κ3) is 3.99. The molecule has 0 fully saturated rings. The number of aromatic carboxylic acids is 1. The largest absolute Gasteiger partial charge is 0.508 e. The Morgan fingerprint density at radius 3 is 2.79 bits per heavy atom. The lowest BCUT2D eigenvalue weighted by molar-refractivity contribution is 0.0696. The summed E-state index contributed by atoms with van der Waals surface area (Å²) in [4.78, 5) is 14.7. The summed E-state index contributed by atoms with van der Waals surface area (Å²) in [5.74, 6) is -0.959. The van der Waals surface area contributed by atoms with E-state index >= 15 is 0 Å². The minimum absolute atomic E-state index is 0. The fraction of sp³-hybridized carbons (Fsp3) is 0.273. The second-order valence-electron chi connectivity index (χ2n) is 3.87. The van der Waals surface area contributed by atoms with Gasteiger partial charge in [-0.25, -0.2) is 14.2 Å². The molecule has 1 aromatic carbocycles. The van der Waals surface area contributed by atoms with Gasteiger partial charge in [0.05, 0.1) is 18.7 Å². The van der Waals surface area contributed by atoms with Gasteiger partial charge in [-0.3, -0.25) is 0 Å². The van der Waals surface area contributed by atoms with Crippen LogP contribution in [0.1, 0.15) is 10.4 Å². The number of carbonyl (C=O) groups is 1. The molecule has 0 bridgehead atoms. The van der Waals surface area contributed by atoms with Crippen molar-refractivity contribution in [1.29, 1.82) is 0 Å². The van der Waals surface area contributed by atoms with Gasteiger partial charge in [0, 0.05) is 11.8 Å². The van der Waals surface area contributed by atoms with E-state index in [4.69, 9.17) is 5.11 Å². The van der Waals surface area contributed by atoms with E-state index in [0.29, 0.717) is 11.6 Å². The van der Waals surface area contributed by atoms with Gasteiger partial charge >= 0.3 is 5.97 Å². The summed E-state index contributed by atoms with van der Waals surface area (Å²) in [6.45, 7) is 0.205. The lowest BCUT2D eigenvalue weighted by atomic mass is 10.2. The van der Waals surface area contributed by atoms with Crippen LogP contribution in [-0.4, -0.2) is 41.4 Å². The van der Waals surface area contributed by atoms with Gasteiger partial charge in [-0.15, -0.1) is 12.4 Å². The van der Waals surface area contributed by atoms with Crippen LogP contribution < -0.4 is 10.6 Å². The maximum absolute atomic E-state index is 12.8. The predicted octanol–water partition coefficient (Wildman–Crippen LogP) is 1.22. The lowest BCUT2D eigenvalue weighted by Gasteiger charge is -2.18. The van der Waals surface area contributed by atoms with E-state index in [-0.39, 0.29) is 36.8 Å². The molecule has 6 nitrogen and oxygen atoms in total. The molecule has 1 aliphatic rings. The molecule has 0 radical (unpaired) electrons. The maximum atomic E-state index is 12.8. The van der Waals surface area contributed by atoms with Crippen LogP contribution in [0.3, 0.4) is 0 Å². The SMILES string of the molecule is Cl.O=C(O)c1cc(O)cc(NC2=NCC(F)CN2)c1. The Kier molecular flexibility index (Phi) is 4.94. The number of nitrogens with zero attached hydrogens (tertiary/aromatic N) is 1. The monoisotopic (exact) mass is 289 g/mol. The highest BCUT2D eigenvalue weighted by Crippen LogP contribution is 2.20. The van der Waals surface area contributed by atoms with Crippen molar-refractivity contribution in [2.24, 2.45) is 4.99 Å². The first-order valence-corrected chi connectivity index (χ1v) is 5.31. The third-order valence-electron chi connectivity index (χ3n) is 2.37. The third-order valence-corrected chi connectivity index (χ3v) is 2.37. The zero-order chi connectivity index (χ0) is 13.1. The van der Waals surface area contributed by atoms with Gasteiger partial charge in [0.15, 0.2) is 5.96 Å². The van der Waals surface area contributed by atoms with Crippen molar-refractivity contribution in [1.82, 2.24) is 5.32 Å². The molecule has 1 aromatic rings. The van der Waals surface area contributed by atoms with Crippen molar-refractivity contribution >= 4 is 30.0 Å². The number of benzene rings is 1. The first-order chi connectivity index (χ1) is 8.54. The number of aromatic hydroxyl groups is 1. The topological polar surface area (TPSA) is 94.0 Å². The molecule has 1 atom stereocenters. The molecule has 0 saturated carbocycles. The summed E-state index contributed by atoms with van der Waals surface area (Å²) in [5.41, 5.74) is 0.327. The quantitative estimate of drug-likeness (QED) is 0.657. The van der Waals surface area contributed by atoms with Crippen molar-refractivity contribution in [3.05, 3.63) is 23.8 Å². The second-order valence-corrected chi connectivity index (χ2v) is 3.87. The van der Waals surface area contributed by atoms with Crippen LogP contribution in [0.25, 0.3) is 0 Å². The first kappa shape index (κ1) is 15.0. The smallest absolute Gasteiger partial charge is 0.335 e. The number of nitrogens with one attached hydrogen (secondary N) is 2. The summed E-state index contributed by atoms with van der Waals surface area (Å²) in [7, 11) is 0. The van der Waals surface area contributed by atoms with E-state index in [0.717, 1.165) is 6.07 Å². The lowest BCUT2D eigenvalue weighted by Crippen LogP contribution is -2.40. The summed E-state index contributed by atoms with van der Waals surface area (Å²) >= 11 is 0. The molecule has 1 heterocycles. The summed E-state index contributed by atoms with van der Waals surface area (Å²) < 4.78 is 12.8. The van der Waals surface area contributed by atoms with E-state index in [1.165, 1.54) is 12.1 Å². The molecule has 0 aliphatic carbocycles. The molecule has 1 unspecified atom stereocenters. The van der Waals surface area contributed by atoms with E-state index in [9.17, 15) is 14.3 Å². The summed E-state index contributed by atoms with van der Waals surface area (Å²) in [6, 6.07) is 3.85. The van der Waals surface area contributed by atoms with Crippen molar-refractivity contribution in [2.45, 2.75) is 6.17 Å². The molecule has 0 spiro atoms. The minimum Gasteiger partial charge on any atom is -0.508 e. The van der Waals surface area contributed by atoms with Gasteiger partial charge in [0.2, 0.25) is 0 Å². The molecule has 4 N–H and O–H groups in total. The Labute approximate surface area is 114 Å². The fourth-order valence-electron chi connectivity index (χ4n) is 1.55. The van der Waals surface area contributed by atoms with Gasteiger partial charge in [0.25, 0.3) is 0 Å². The van der Waals surface area contributed by atoms with Crippen molar-refractivity contribution in [3.8, 4) is 5.75 Å². The van der Waals surface area contributed by atoms with Crippen LogP contribution in [0, 0.1) is 0 Å². The first-order valence-electron chi connectivity index (χ1n) is 5.31. The average Bonchev–Trinajstić information content (AvgIpc) is 2.31. The number of halogens is 2. The number of anilines is 1. The Morgan fingerprint density at radius 1 is 1.47 bits per heavy atom. The number of alkyl halides is 1. The van der Waals surface area contributed by atoms with Crippen molar-refractivity contribution in [2.75, 3.05) is 18.4 Å². The zero-order valence-electron chi connectivity index (χ0n) is 9.76. The number of guanidine groups is 1. The molecule has 0 aromatic heterocycles. The van der Waals surface area contributed by atoms with E-state index in [1.54, 1.807) is 0 Å². The fourth-order valence-corrected chi connectivity index (χ4v) is 1.55. The molecule has 0 amide bonds. The van der Waals surface area contributed by atoms with E-state index in [1.807, 2.05) is 0 Å². The maximum Gasteiger partial charge on any atom is 0.335 e. The van der Waals surface area contributed by atoms with Gasteiger partial charge < -0.3 is 20.8 Å². The number of phenolic OH excluding ortho intramolecular Hbond substituents is 1. The molecule has 19 heavy (non-hydrogen) atoms. The van der Waals surface area contributed by atoms with Crippen LogP contribution in [0.5, 0.6) is 5.75 Å².